The van der Waals surface area contributed by atoms with Gasteiger partial charge in [-0.2, -0.15) is 0 Å². The monoisotopic (exact) mass is 260 g/mol. The van der Waals surface area contributed by atoms with Gasteiger partial charge in [-0.3, -0.25) is 4.79 Å². The summed E-state index contributed by atoms with van der Waals surface area (Å²) in [7, 11) is 0. The lowest BCUT2D eigenvalue weighted by atomic mass is 9.97. The maximum atomic E-state index is 10.9. The van der Waals surface area contributed by atoms with Crippen molar-refractivity contribution in [3.8, 4) is 0 Å². The van der Waals surface area contributed by atoms with Gasteiger partial charge >= 0.3 is 5.97 Å². The van der Waals surface area contributed by atoms with Crippen molar-refractivity contribution in [2.75, 3.05) is 13.1 Å². The number of aromatic amines is 1. The summed E-state index contributed by atoms with van der Waals surface area (Å²) in [5.74, 6) is 0.187. The summed E-state index contributed by atoms with van der Waals surface area (Å²) < 4.78 is 0. The van der Waals surface area contributed by atoms with E-state index in [-0.39, 0.29) is 5.92 Å². The maximum Gasteiger partial charge on any atom is 0.306 e. The molecule has 1 aromatic carbocycles. The SMILES string of the molecule is O=C(O)C1CC[NH+](Cc2nc3ccccc3[nH]2)CC1. The summed E-state index contributed by atoms with van der Waals surface area (Å²) in [4.78, 5) is 20.2. The molecule has 2 aromatic rings. The van der Waals surface area contributed by atoms with E-state index in [9.17, 15) is 4.79 Å². The summed E-state index contributed by atoms with van der Waals surface area (Å²) in [6, 6.07) is 8.01. The molecule has 100 valence electrons. The number of hydrogen-bond donors (Lipinski definition) is 3. The molecule has 1 saturated heterocycles. The zero-order valence-electron chi connectivity index (χ0n) is 10.7. The van der Waals surface area contributed by atoms with E-state index in [2.05, 4.69) is 9.97 Å². The van der Waals surface area contributed by atoms with E-state index >= 15 is 0 Å². The Bertz CT molecular complexity index is 552. The van der Waals surface area contributed by atoms with Crippen molar-refractivity contribution >= 4 is 17.0 Å². The molecule has 3 rings (SSSR count). The van der Waals surface area contributed by atoms with Gasteiger partial charge in [0.15, 0.2) is 5.82 Å². The molecular formula is C14H18N3O2+. The molecule has 1 fully saturated rings. The lowest BCUT2D eigenvalue weighted by Crippen LogP contribution is -3.11. The third kappa shape index (κ3) is 2.61. The molecule has 3 N–H and O–H groups in total. The lowest BCUT2D eigenvalue weighted by molar-refractivity contribution is -0.920. The van der Waals surface area contributed by atoms with Crippen LogP contribution in [0.1, 0.15) is 18.7 Å². The molecule has 19 heavy (non-hydrogen) atoms. The van der Waals surface area contributed by atoms with Crippen LogP contribution in [0.15, 0.2) is 24.3 Å². The summed E-state index contributed by atoms with van der Waals surface area (Å²) in [6.45, 7) is 2.67. The number of hydrogen-bond acceptors (Lipinski definition) is 2. The van der Waals surface area contributed by atoms with Crippen LogP contribution in [-0.2, 0) is 11.3 Å². The number of imidazole rings is 1. The van der Waals surface area contributed by atoms with Gasteiger partial charge in [-0.1, -0.05) is 12.1 Å². The van der Waals surface area contributed by atoms with Crippen molar-refractivity contribution in [1.82, 2.24) is 9.97 Å². The second-order valence-electron chi connectivity index (χ2n) is 5.24. The second-order valence-corrected chi connectivity index (χ2v) is 5.24. The van der Waals surface area contributed by atoms with Crippen molar-refractivity contribution in [3.05, 3.63) is 30.1 Å². The highest BCUT2D eigenvalue weighted by Crippen LogP contribution is 2.11. The molecule has 0 spiro atoms. The Balaban J connectivity index is 1.64. The number of H-pyrrole nitrogens is 1. The molecular weight excluding hydrogens is 242 g/mol. The van der Waals surface area contributed by atoms with Gasteiger partial charge in [-0.15, -0.1) is 0 Å². The Kier molecular flexibility index (Phi) is 3.21. The van der Waals surface area contributed by atoms with Gasteiger partial charge in [0.1, 0.15) is 6.54 Å². The molecule has 1 aromatic heterocycles. The number of rotatable bonds is 3. The minimum absolute atomic E-state index is 0.153. The normalized spacial score (nSPS) is 23.6. The standard InChI is InChI=1S/C14H17N3O2/c18-14(19)10-5-7-17(8-6-10)9-13-15-11-3-1-2-4-12(11)16-13/h1-4,10H,5-9H2,(H,15,16)(H,18,19)/p+1. The number of carboxylic acid groups (broad SMARTS) is 1. The lowest BCUT2D eigenvalue weighted by Gasteiger charge is -2.26. The Morgan fingerprint density at radius 2 is 2.11 bits per heavy atom. The van der Waals surface area contributed by atoms with E-state index in [1.807, 2.05) is 24.3 Å². The minimum atomic E-state index is -0.650. The van der Waals surface area contributed by atoms with Crippen LogP contribution in [0.3, 0.4) is 0 Å². The number of carbonyl (C=O) groups is 1. The number of carboxylic acids is 1. The maximum absolute atomic E-state index is 10.9. The van der Waals surface area contributed by atoms with Gasteiger partial charge < -0.3 is 15.0 Å². The number of aliphatic carboxylic acids is 1. The molecule has 5 nitrogen and oxygen atoms in total. The van der Waals surface area contributed by atoms with Crippen molar-refractivity contribution in [2.24, 2.45) is 5.92 Å². The highest BCUT2D eigenvalue weighted by Gasteiger charge is 2.27. The highest BCUT2D eigenvalue weighted by molar-refractivity contribution is 5.74. The van der Waals surface area contributed by atoms with Crippen molar-refractivity contribution in [3.63, 3.8) is 0 Å². The molecule has 0 unspecified atom stereocenters. The van der Waals surface area contributed by atoms with Crippen LogP contribution in [0.2, 0.25) is 0 Å². The molecule has 1 aliphatic rings. The summed E-state index contributed by atoms with van der Waals surface area (Å²) >= 11 is 0. The fraction of sp³-hybridized carbons (Fsp3) is 0.429. The number of nitrogens with zero attached hydrogens (tertiary/aromatic N) is 1. The van der Waals surface area contributed by atoms with E-state index in [0.717, 1.165) is 49.3 Å². The first-order valence-corrected chi connectivity index (χ1v) is 6.72. The molecule has 0 radical (unpaired) electrons. The predicted octanol–water partition coefficient (Wildman–Crippen LogP) is 0.442. The molecule has 0 bridgehead atoms. The van der Waals surface area contributed by atoms with E-state index in [0.29, 0.717) is 0 Å². The van der Waals surface area contributed by atoms with Crippen LogP contribution < -0.4 is 4.90 Å². The first-order chi connectivity index (χ1) is 9.22. The first kappa shape index (κ1) is 12.2. The zero-order chi connectivity index (χ0) is 13.2. The minimum Gasteiger partial charge on any atom is -0.481 e. The van der Waals surface area contributed by atoms with Gasteiger partial charge in [0.05, 0.1) is 30.0 Å². The van der Waals surface area contributed by atoms with Crippen LogP contribution in [0.5, 0.6) is 0 Å². The Morgan fingerprint density at radius 1 is 1.37 bits per heavy atom. The van der Waals surface area contributed by atoms with E-state index in [4.69, 9.17) is 5.11 Å². The van der Waals surface area contributed by atoms with Gasteiger partial charge in [-0.25, -0.2) is 4.98 Å². The average molecular weight is 260 g/mol. The number of piperidine rings is 1. The van der Waals surface area contributed by atoms with Gasteiger partial charge in [0, 0.05) is 12.8 Å². The quantitative estimate of drug-likeness (QED) is 0.750. The van der Waals surface area contributed by atoms with E-state index < -0.39 is 5.97 Å². The number of benzene rings is 1. The predicted molar refractivity (Wildman–Crippen MR) is 70.9 cm³/mol. The second kappa shape index (κ2) is 5.01. The molecule has 0 aliphatic carbocycles. The fourth-order valence-corrected chi connectivity index (χ4v) is 2.78. The smallest absolute Gasteiger partial charge is 0.306 e. The summed E-state index contributed by atoms with van der Waals surface area (Å²) in [5, 5.41) is 8.98. The number of aromatic nitrogens is 2. The highest BCUT2D eigenvalue weighted by atomic mass is 16.4. The van der Waals surface area contributed by atoms with Crippen LogP contribution in [0.25, 0.3) is 11.0 Å². The number of likely N-dealkylation sites (tertiary alicyclic amines) is 1. The number of fused-ring (bicyclic) bond motifs is 1. The average Bonchev–Trinajstić information content (AvgIpc) is 2.81. The number of nitrogens with one attached hydrogen (secondary N) is 2. The third-order valence-corrected chi connectivity index (χ3v) is 3.90. The van der Waals surface area contributed by atoms with Crippen LogP contribution in [-0.4, -0.2) is 34.1 Å². The molecule has 5 heteroatoms. The molecule has 2 heterocycles. The molecule has 0 atom stereocenters. The van der Waals surface area contributed by atoms with Crippen LogP contribution >= 0.6 is 0 Å². The Hall–Kier alpha value is -1.88. The number of quaternary nitrogens is 1. The fourth-order valence-electron chi connectivity index (χ4n) is 2.78. The van der Waals surface area contributed by atoms with Gasteiger partial charge in [0.2, 0.25) is 0 Å². The Labute approximate surface area is 111 Å². The van der Waals surface area contributed by atoms with Crippen molar-refractivity contribution in [2.45, 2.75) is 19.4 Å². The van der Waals surface area contributed by atoms with Crippen LogP contribution in [0.4, 0.5) is 0 Å². The van der Waals surface area contributed by atoms with E-state index in [1.54, 1.807) is 0 Å². The topological polar surface area (TPSA) is 70.4 Å². The zero-order valence-corrected chi connectivity index (χ0v) is 10.7. The largest absolute Gasteiger partial charge is 0.481 e. The molecule has 0 saturated carbocycles. The van der Waals surface area contributed by atoms with Crippen molar-refractivity contribution < 1.29 is 14.8 Å². The number of para-hydroxylation sites is 2. The Morgan fingerprint density at radius 3 is 2.79 bits per heavy atom. The van der Waals surface area contributed by atoms with Crippen LogP contribution in [0, 0.1) is 5.92 Å². The molecule has 0 amide bonds. The summed E-state index contributed by atoms with van der Waals surface area (Å²) in [6.07, 6.45) is 1.54. The van der Waals surface area contributed by atoms with Crippen molar-refractivity contribution in [1.29, 1.82) is 0 Å². The summed E-state index contributed by atoms with van der Waals surface area (Å²) in [5.41, 5.74) is 2.06. The first-order valence-electron chi connectivity index (χ1n) is 6.72. The van der Waals surface area contributed by atoms with Gasteiger partial charge in [-0.05, 0) is 12.1 Å². The van der Waals surface area contributed by atoms with E-state index in [1.165, 1.54) is 4.90 Å². The van der Waals surface area contributed by atoms with Gasteiger partial charge in [0.25, 0.3) is 0 Å². The third-order valence-electron chi connectivity index (χ3n) is 3.90. The molecule has 1 aliphatic heterocycles.